The molecule has 0 radical (unpaired) electrons. The second-order valence-electron chi connectivity index (χ2n) is 8.84. The van der Waals surface area contributed by atoms with Crippen molar-refractivity contribution in [2.75, 3.05) is 6.61 Å². The molecule has 0 aliphatic rings. The molecule has 1 aromatic carbocycles. The van der Waals surface area contributed by atoms with Gasteiger partial charge in [-0.25, -0.2) is 0 Å². The molecule has 0 spiro atoms. The first-order valence-corrected chi connectivity index (χ1v) is 13.0. The highest BCUT2D eigenvalue weighted by molar-refractivity contribution is 8.02. The highest BCUT2D eigenvalue weighted by atomic mass is 32.2. The van der Waals surface area contributed by atoms with Crippen LogP contribution in [-0.4, -0.2) is 25.6 Å². The summed E-state index contributed by atoms with van der Waals surface area (Å²) in [5.41, 5.74) is 0.0616. The van der Waals surface area contributed by atoms with Gasteiger partial charge < -0.3 is 9.53 Å². The van der Waals surface area contributed by atoms with E-state index in [0.29, 0.717) is 6.61 Å². The van der Waals surface area contributed by atoms with E-state index in [0.717, 1.165) is 12.0 Å². The largest absolute Gasteiger partial charge is 0.414 e. The predicted molar refractivity (Wildman–Crippen MR) is 118 cm³/mol. The zero-order valence-electron chi connectivity index (χ0n) is 17.5. The summed E-state index contributed by atoms with van der Waals surface area (Å²) in [6.45, 7) is 19.4. The van der Waals surface area contributed by atoms with Crippen molar-refractivity contribution in [3.05, 3.63) is 54.0 Å². The average Bonchev–Trinajstić information content (AvgIpc) is 2.52. The van der Waals surface area contributed by atoms with E-state index >= 15 is 0 Å². The van der Waals surface area contributed by atoms with Crippen LogP contribution in [0.1, 0.15) is 41.0 Å². The lowest BCUT2D eigenvalue weighted by Gasteiger charge is -2.40. The van der Waals surface area contributed by atoms with Crippen LogP contribution in [0.2, 0.25) is 18.1 Å². The van der Waals surface area contributed by atoms with Crippen molar-refractivity contribution in [3.8, 4) is 0 Å². The Hall–Kier alpha value is -0.813. The van der Waals surface area contributed by atoms with Gasteiger partial charge in [0.2, 0.25) is 0 Å². The van der Waals surface area contributed by atoms with Crippen molar-refractivity contribution in [3.63, 3.8) is 0 Å². The standard InChI is InChI=1S/C22H36O2SSi/c1-18(2)20(15-12-16-25-19-13-10-9-11-14-19)22(6,23)17-24-26(7,8)21(3,4)5/h9-14,16,20,23H,1,15,17H2,2-8H3/b16-12+/t20-,22-/m1/s1. The van der Waals surface area contributed by atoms with Gasteiger partial charge in [0.05, 0.1) is 12.2 Å². The lowest BCUT2D eigenvalue weighted by molar-refractivity contribution is -0.0296. The summed E-state index contributed by atoms with van der Waals surface area (Å²) in [5.74, 6) is -0.0279. The first-order valence-electron chi connectivity index (χ1n) is 9.25. The molecule has 1 N–H and O–H groups in total. The summed E-state index contributed by atoms with van der Waals surface area (Å²) in [5, 5.41) is 13.3. The van der Waals surface area contributed by atoms with Crippen molar-refractivity contribution in [1.82, 2.24) is 0 Å². The van der Waals surface area contributed by atoms with Crippen LogP contribution in [0, 0.1) is 5.92 Å². The molecule has 0 aliphatic carbocycles. The molecule has 4 heteroatoms. The minimum Gasteiger partial charge on any atom is -0.414 e. The molecule has 2 atom stereocenters. The summed E-state index contributed by atoms with van der Waals surface area (Å²) in [4.78, 5) is 1.21. The van der Waals surface area contributed by atoms with Gasteiger partial charge in [0.15, 0.2) is 8.32 Å². The molecule has 146 valence electrons. The van der Waals surface area contributed by atoms with Crippen molar-refractivity contribution in [1.29, 1.82) is 0 Å². The Bertz CT molecular complexity index is 600. The molecule has 0 amide bonds. The molecular formula is C22H36O2SSi. The molecular weight excluding hydrogens is 356 g/mol. The van der Waals surface area contributed by atoms with Crippen molar-refractivity contribution in [2.24, 2.45) is 5.92 Å². The van der Waals surface area contributed by atoms with Gasteiger partial charge in [0.1, 0.15) is 0 Å². The van der Waals surface area contributed by atoms with Gasteiger partial charge >= 0.3 is 0 Å². The summed E-state index contributed by atoms with van der Waals surface area (Å²) in [7, 11) is -1.89. The number of benzene rings is 1. The van der Waals surface area contributed by atoms with Gasteiger partial charge in [0.25, 0.3) is 0 Å². The molecule has 0 aromatic heterocycles. The Labute approximate surface area is 165 Å². The zero-order valence-corrected chi connectivity index (χ0v) is 19.3. The molecule has 0 heterocycles. The monoisotopic (exact) mass is 392 g/mol. The fourth-order valence-corrected chi connectivity index (χ4v) is 4.21. The summed E-state index contributed by atoms with van der Waals surface area (Å²) in [6, 6.07) is 10.3. The third kappa shape index (κ3) is 7.07. The lowest BCUT2D eigenvalue weighted by atomic mass is 9.82. The van der Waals surface area contributed by atoms with E-state index in [4.69, 9.17) is 4.43 Å². The van der Waals surface area contributed by atoms with Gasteiger partial charge in [-0.2, -0.15) is 0 Å². The normalized spacial score (nSPS) is 16.5. The van der Waals surface area contributed by atoms with Crippen molar-refractivity contribution < 1.29 is 9.53 Å². The van der Waals surface area contributed by atoms with Crippen LogP contribution >= 0.6 is 11.8 Å². The fourth-order valence-electron chi connectivity index (χ4n) is 2.45. The minimum absolute atomic E-state index is 0.0279. The second-order valence-corrected chi connectivity index (χ2v) is 14.6. The molecule has 26 heavy (non-hydrogen) atoms. The first kappa shape index (κ1) is 23.2. The summed E-state index contributed by atoms with van der Waals surface area (Å²) < 4.78 is 6.28. The van der Waals surface area contributed by atoms with Crippen LogP contribution in [0.25, 0.3) is 0 Å². The number of hydrogen-bond donors (Lipinski definition) is 1. The molecule has 0 aliphatic heterocycles. The molecule has 1 rings (SSSR count). The van der Waals surface area contributed by atoms with E-state index in [-0.39, 0.29) is 11.0 Å². The quantitative estimate of drug-likeness (QED) is 0.290. The maximum atomic E-state index is 11.1. The maximum absolute atomic E-state index is 11.1. The zero-order chi connectivity index (χ0) is 20.0. The summed E-state index contributed by atoms with van der Waals surface area (Å²) >= 11 is 1.69. The van der Waals surface area contributed by atoms with E-state index in [1.165, 1.54) is 4.90 Å². The molecule has 1 aromatic rings. The molecule has 0 bridgehead atoms. The van der Waals surface area contributed by atoms with Crippen LogP contribution in [0.5, 0.6) is 0 Å². The first-order chi connectivity index (χ1) is 11.9. The van der Waals surface area contributed by atoms with Crippen LogP contribution in [-0.2, 0) is 4.43 Å². The van der Waals surface area contributed by atoms with Gasteiger partial charge in [0, 0.05) is 10.8 Å². The Balaban J connectivity index is 2.70. The summed E-state index contributed by atoms with van der Waals surface area (Å²) in [6.07, 6.45) is 2.88. The Morgan fingerprint density at radius 3 is 2.31 bits per heavy atom. The maximum Gasteiger partial charge on any atom is 0.192 e. The van der Waals surface area contributed by atoms with Crippen molar-refractivity contribution >= 4 is 20.1 Å². The fraction of sp³-hybridized carbons (Fsp3) is 0.545. The van der Waals surface area contributed by atoms with E-state index in [2.05, 4.69) is 64.1 Å². The van der Waals surface area contributed by atoms with E-state index < -0.39 is 13.9 Å². The lowest BCUT2D eigenvalue weighted by Crippen LogP contribution is -2.48. The van der Waals surface area contributed by atoms with Crippen LogP contribution in [0.4, 0.5) is 0 Å². The number of allylic oxidation sites excluding steroid dienone is 1. The van der Waals surface area contributed by atoms with E-state index in [1.54, 1.807) is 11.8 Å². The number of thioether (sulfide) groups is 1. The third-order valence-electron chi connectivity index (χ3n) is 5.29. The predicted octanol–water partition coefficient (Wildman–Crippen LogP) is 6.65. The minimum atomic E-state index is -1.89. The topological polar surface area (TPSA) is 29.5 Å². The third-order valence-corrected chi connectivity index (χ3v) is 10.6. The molecule has 0 saturated carbocycles. The van der Waals surface area contributed by atoms with Gasteiger partial charge in [-0.05, 0) is 55.9 Å². The Morgan fingerprint density at radius 2 is 1.81 bits per heavy atom. The average molecular weight is 393 g/mol. The van der Waals surface area contributed by atoms with Gasteiger partial charge in [-0.1, -0.05) is 69.0 Å². The number of aliphatic hydroxyl groups is 1. The molecule has 0 saturated heterocycles. The highest BCUT2D eigenvalue weighted by Gasteiger charge is 2.40. The molecule has 0 unspecified atom stereocenters. The van der Waals surface area contributed by atoms with Crippen molar-refractivity contribution in [2.45, 2.75) is 69.7 Å². The second kappa shape index (κ2) is 9.40. The Kier molecular flexibility index (Phi) is 8.40. The Morgan fingerprint density at radius 1 is 1.23 bits per heavy atom. The van der Waals surface area contributed by atoms with E-state index in [1.807, 2.05) is 32.0 Å². The molecule has 0 fully saturated rings. The number of hydrogen-bond acceptors (Lipinski definition) is 3. The number of rotatable bonds is 9. The smallest absolute Gasteiger partial charge is 0.192 e. The van der Waals surface area contributed by atoms with Crippen LogP contribution in [0.3, 0.4) is 0 Å². The van der Waals surface area contributed by atoms with Gasteiger partial charge in [-0.3, -0.25) is 0 Å². The van der Waals surface area contributed by atoms with E-state index in [9.17, 15) is 5.11 Å². The molecule has 2 nitrogen and oxygen atoms in total. The van der Waals surface area contributed by atoms with Crippen LogP contribution < -0.4 is 0 Å². The van der Waals surface area contributed by atoms with Gasteiger partial charge in [-0.15, -0.1) is 0 Å². The van der Waals surface area contributed by atoms with Crippen LogP contribution in [0.15, 0.2) is 58.9 Å². The highest BCUT2D eigenvalue weighted by Crippen LogP contribution is 2.38. The SMILES string of the molecule is C=C(C)[C@@H](C/C=C/Sc1ccccc1)[C@](C)(O)CO[Si](C)(C)C(C)(C)C.